The van der Waals surface area contributed by atoms with E-state index in [4.69, 9.17) is 5.11 Å². The Labute approximate surface area is 109 Å². The van der Waals surface area contributed by atoms with Gasteiger partial charge in [-0.2, -0.15) is 0 Å². The van der Waals surface area contributed by atoms with Crippen LogP contribution < -0.4 is 10.6 Å². The van der Waals surface area contributed by atoms with Crippen LogP contribution in [-0.4, -0.2) is 30.1 Å². The molecule has 1 fully saturated rings. The highest BCUT2D eigenvalue weighted by molar-refractivity contribution is 5.94. The standard InChI is InChI=1S/C13H15FN2O3/c14-11-7-9(1-2-10(11)13(18)19)16-12(17)8-3-5-15-6-4-8/h1-2,7-8,15H,3-6H2,(H,16,17)(H,18,19). The molecule has 0 unspecified atom stereocenters. The summed E-state index contributed by atoms with van der Waals surface area (Å²) in [5.41, 5.74) is -0.120. The van der Waals surface area contributed by atoms with Gasteiger partial charge in [0.15, 0.2) is 0 Å². The molecule has 0 atom stereocenters. The highest BCUT2D eigenvalue weighted by atomic mass is 19.1. The maximum absolute atomic E-state index is 13.5. The maximum Gasteiger partial charge on any atom is 0.338 e. The highest BCUT2D eigenvalue weighted by Gasteiger charge is 2.21. The van der Waals surface area contributed by atoms with E-state index in [1.807, 2.05) is 0 Å². The highest BCUT2D eigenvalue weighted by Crippen LogP contribution is 2.18. The van der Waals surface area contributed by atoms with Crippen LogP contribution in [0.4, 0.5) is 10.1 Å². The van der Waals surface area contributed by atoms with Crippen LogP contribution in [-0.2, 0) is 4.79 Å². The number of anilines is 1. The summed E-state index contributed by atoms with van der Waals surface area (Å²) in [4.78, 5) is 22.6. The van der Waals surface area contributed by atoms with Gasteiger partial charge in [-0.25, -0.2) is 9.18 Å². The maximum atomic E-state index is 13.5. The molecule has 0 saturated carbocycles. The molecule has 1 amide bonds. The fourth-order valence-electron chi connectivity index (χ4n) is 2.09. The predicted octanol–water partition coefficient (Wildman–Crippen LogP) is 1.46. The largest absolute Gasteiger partial charge is 0.478 e. The molecule has 1 aliphatic rings. The van der Waals surface area contributed by atoms with Gasteiger partial charge in [0.2, 0.25) is 5.91 Å². The lowest BCUT2D eigenvalue weighted by molar-refractivity contribution is -0.120. The van der Waals surface area contributed by atoms with Crippen LogP contribution in [0.1, 0.15) is 23.2 Å². The van der Waals surface area contributed by atoms with Gasteiger partial charge in [-0.05, 0) is 44.1 Å². The third kappa shape index (κ3) is 3.29. The van der Waals surface area contributed by atoms with Crippen LogP contribution in [0.2, 0.25) is 0 Å². The average Bonchev–Trinajstić information content (AvgIpc) is 2.39. The molecular weight excluding hydrogens is 251 g/mol. The van der Waals surface area contributed by atoms with Crippen LogP contribution in [0.5, 0.6) is 0 Å². The van der Waals surface area contributed by atoms with Crippen molar-refractivity contribution < 1.29 is 19.1 Å². The van der Waals surface area contributed by atoms with E-state index < -0.39 is 17.3 Å². The van der Waals surface area contributed by atoms with Crippen molar-refractivity contribution in [3.05, 3.63) is 29.6 Å². The molecule has 0 aromatic heterocycles. The topological polar surface area (TPSA) is 78.4 Å². The second-order valence-corrected chi connectivity index (χ2v) is 4.51. The molecule has 1 aliphatic heterocycles. The van der Waals surface area contributed by atoms with Crippen molar-refractivity contribution >= 4 is 17.6 Å². The van der Waals surface area contributed by atoms with Gasteiger partial charge in [0, 0.05) is 11.6 Å². The summed E-state index contributed by atoms with van der Waals surface area (Å²) in [5, 5.41) is 14.5. The molecule has 0 radical (unpaired) electrons. The molecule has 5 nitrogen and oxygen atoms in total. The lowest BCUT2D eigenvalue weighted by Crippen LogP contribution is -2.34. The van der Waals surface area contributed by atoms with Crippen molar-refractivity contribution in [1.29, 1.82) is 0 Å². The first kappa shape index (κ1) is 13.5. The number of nitrogens with one attached hydrogen (secondary N) is 2. The number of halogens is 1. The lowest BCUT2D eigenvalue weighted by Gasteiger charge is -2.21. The molecule has 6 heteroatoms. The quantitative estimate of drug-likeness (QED) is 0.774. The van der Waals surface area contributed by atoms with Crippen LogP contribution in [0.15, 0.2) is 18.2 Å². The van der Waals surface area contributed by atoms with E-state index in [-0.39, 0.29) is 17.5 Å². The van der Waals surface area contributed by atoms with Gasteiger partial charge in [-0.1, -0.05) is 0 Å². The Kier molecular flexibility index (Phi) is 4.11. The number of carboxylic acids is 1. The van der Waals surface area contributed by atoms with Gasteiger partial charge in [-0.3, -0.25) is 4.79 Å². The molecule has 1 heterocycles. The van der Waals surface area contributed by atoms with Crippen molar-refractivity contribution in [1.82, 2.24) is 5.32 Å². The Bertz CT molecular complexity index is 499. The zero-order valence-electron chi connectivity index (χ0n) is 10.3. The fraction of sp³-hybridized carbons (Fsp3) is 0.385. The predicted molar refractivity (Wildman–Crippen MR) is 67.6 cm³/mol. The smallest absolute Gasteiger partial charge is 0.338 e. The van der Waals surface area contributed by atoms with Crippen LogP contribution in [0, 0.1) is 11.7 Å². The number of carbonyl (C=O) groups is 2. The molecule has 0 spiro atoms. The molecule has 0 bridgehead atoms. The van der Waals surface area contributed by atoms with E-state index in [2.05, 4.69) is 10.6 Å². The number of benzene rings is 1. The first-order valence-electron chi connectivity index (χ1n) is 6.12. The van der Waals surface area contributed by atoms with E-state index in [1.54, 1.807) is 0 Å². The second-order valence-electron chi connectivity index (χ2n) is 4.51. The normalized spacial score (nSPS) is 16.1. The summed E-state index contributed by atoms with van der Waals surface area (Å²) in [6.07, 6.45) is 1.50. The zero-order chi connectivity index (χ0) is 13.8. The van der Waals surface area contributed by atoms with E-state index in [1.165, 1.54) is 6.07 Å². The third-order valence-electron chi connectivity index (χ3n) is 3.18. The van der Waals surface area contributed by atoms with Gasteiger partial charge in [0.05, 0.1) is 5.56 Å². The van der Waals surface area contributed by atoms with Crippen molar-refractivity contribution in [2.75, 3.05) is 18.4 Å². The second kappa shape index (κ2) is 5.79. The summed E-state index contributed by atoms with van der Waals surface area (Å²) < 4.78 is 13.5. The molecular formula is C13H15FN2O3. The van der Waals surface area contributed by atoms with Crippen molar-refractivity contribution in [2.24, 2.45) is 5.92 Å². The number of hydrogen-bond donors (Lipinski definition) is 3. The first-order chi connectivity index (χ1) is 9.08. The monoisotopic (exact) mass is 266 g/mol. The molecule has 19 heavy (non-hydrogen) atoms. The summed E-state index contributed by atoms with van der Waals surface area (Å²) in [7, 11) is 0. The van der Waals surface area contributed by atoms with Crippen LogP contribution >= 0.6 is 0 Å². The molecule has 1 aromatic rings. The number of hydrogen-bond acceptors (Lipinski definition) is 3. The first-order valence-corrected chi connectivity index (χ1v) is 6.12. The molecule has 0 aliphatic carbocycles. The Morgan fingerprint density at radius 1 is 1.32 bits per heavy atom. The number of piperidine rings is 1. The van der Waals surface area contributed by atoms with Crippen LogP contribution in [0.25, 0.3) is 0 Å². The zero-order valence-corrected chi connectivity index (χ0v) is 10.3. The number of amides is 1. The van der Waals surface area contributed by atoms with Gasteiger partial charge in [0.1, 0.15) is 5.82 Å². The molecule has 3 N–H and O–H groups in total. The summed E-state index contributed by atoms with van der Waals surface area (Å²) >= 11 is 0. The minimum atomic E-state index is -1.33. The Balaban J connectivity index is 2.04. The number of aromatic carboxylic acids is 1. The minimum absolute atomic E-state index is 0.0801. The number of rotatable bonds is 3. The van der Waals surface area contributed by atoms with E-state index in [0.717, 1.165) is 38.1 Å². The molecule has 1 aromatic carbocycles. The SMILES string of the molecule is O=C(O)c1ccc(NC(=O)C2CCNCC2)cc1F. The molecule has 1 saturated heterocycles. The van der Waals surface area contributed by atoms with Gasteiger partial charge in [-0.15, -0.1) is 0 Å². The molecule has 2 rings (SSSR count). The van der Waals surface area contributed by atoms with Gasteiger partial charge < -0.3 is 15.7 Å². The summed E-state index contributed by atoms with van der Waals surface area (Å²) in [6.45, 7) is 1.59. The van der Waals surface area contributed by atoms with Crippen molar-refractivity contribution in [3.8, 4) is 0 Å². The fourth-order valence-corrected chi connectivity index (χ4v) is 2.09. The van der Waals surface area contributed by atoms with Gasteiger partial charge in [0.25, 0.3) is 0 Å². The summed E-state index contributed by atoms with van der Waals surface area (Å²) in [6, 6.07) is 3.57. The minimum Gasteiger partial charge on any atom is -0.478 e. The Morgan fingerprint density at radius 3 is 2.58 bits per heavy atom. The average molecular weight is 266 g/mol. The lowest BCUT2D eigenvalue weighted by atomic mass is 9.97. The van der Waals surface area contributed by atoms with Crippen molar-refractivity contribution in [2.45, 2.75) is 12.8 Å². The van der Waals surface area contributed by atoms with E-state index in [0.29, 0.717) is 0 Å². The van der Waals surface area contributed by atoms with Crippen LogP contribution in [0.3, 0.4) is 0 Å². The number of carboxylic acid groups (broad SMARTS) is 1. The third-order valence-corrected chi connectivity index (χ3v) is 3.18. The van der Waals surface area contributed by atoms with E-state index in [9.17, 15) is 14.0 Å². The Hall–Kier alpha value is -1.95. The summed E-state index contributed by atoms with van der Waals surface area (Å²) in [5.74, 6) is -2.41. The number of carbonyl (C=O) groups excluding carboxylic acids is 1. The van der Waals surface area contributed by atoms with Crippen molar-refractivity contribution in [3.63, 3.8) is 0 Å². The Morgan fingerprint density at radius 2 is 2.00 bits per heavy atom. The van der Waals surface area contributed by atoms with E-state index >= 15 is 0 Å². The van der Waals surface area contributed by atoms with Gasteiger partial charge >= 0.3 is 5.97 Å². The molecule has 102 valence electrons.